The third-order valence-corrected chi connectivity index (χ3v) is 6.49. The highest BCUT2D eigenvalue weighted by Crippen LogP contribution is 2.35. The van der Waals surface area contributed by atoms with Gasteiger partial charge in [0.05, 0.1) is 11.4 Å². The first-order valence-electron chi connectivity index (χ1n) is 9.05. The Morgan fingerprint density at radius 2 is 1.79 bits per heavy atom. The summed E-state index contributed by atoms with van der Waals surface area (Å²) in [5.74, 6) is -0.459. The molecule has 0 fully saturated rings. The molecule has 2 aromatic rings. The summed E-state index contributed by atoms with van der Waals surface area (Å²) in [7, 11) is -3.36. The average molecular weight is 401 g/mol. The van der Waals surface area contributed by atoms with Crippen molar-refractivity contribution in [3.63, 3.8) is 0 Å². The van der Waals surface area contributed by atoms with E-state index in [9.17, 15) is 18.0 Å². The van der Waals surface area contributed by atoms with Gasteiger partial charge in [0.2, 0.25) is 15.9 Å². The monoisotopic (exact) mass is 401 g/mol. The number of sulfonamides is 1. The van der Waals surface area contributed by atoms with E-state index >= 15 is 0 Å². The SMILES string of the molecule is CCS(=O)(=O)N1c2ccc(C(=O)Nc3cccc(NC(C)=O)c3)cc2C[C@@H]1C. The highest BCUT2D eigenvalue weighted by Gasteiger charge is 2.34. The summed E-state index contributed by atoms with van der Waals surface area (Å²) in [4.78, 5) is 23.8. The van der Waals surface area contributed by atoms with Crippen LogP contribution in [0.3, 0.4) is 0 Å². The lowest BCUT2D eigenvalue weighted by Crippen LogP contribution is -2.36. The van der Waals surface area contributed by atoms with Gasteiger partial charge in [0, 0.05) is 29.9 Å². The molecule has 3 rings (SSSR count). The first-order chi connectivity index (χ1) is 13.2. The van der Waals surface area contributed by atoms with Gasteiger partial charge in [-0.25, -0.2) is 8.42 Å². The van der Waals surface area contributed by atoms with Crippen molar-refractivity contribution in [3.05, 3.63) is 53.6 Å². The minimum absolute atomic E-state index is 0.0314. The fraction of sp³-hybridized carbons (Fsp3) is 0.300. The number of fused-ring (bicyclic) bond motifs is 1. The second-order valence-electron chi connectivity index (χ2n) is 6.81. The summed E-state index contributed by atoms with van der Waals surface area (Å²) < 4.78 is 26.2. The highest BCUT2D eigenvalue weighted by atomic mass is 32.2. The third-order valence-electron chi connectivity index (χ3n) is 4.60. The number of carbonyl (C=O) groups is 2. The molecule has 0 spiro atoms. The van der Waals surface area contributed by atoms with Crippen LogP contribution in [0.5, 0.6) is 0 Å². The zero-order chi connectivity index (χ0) is 20.5. The fourth-order valence-electron chi connectivity index (χ4n) is 3.39. The van der Waals surface area contributed by atoms with E-state index in [4.69, 9.17) is 0 Å². The van der Waals surface area contributed by atoms with Crippen molar-refractivity contribution < 1.29 is 18.0 Å². The fourth-order valence-corrected chi connectivity index (χ4v) is 4.77. The van der Waals surface area contributed by atoms with Crippen molar-refractivity contribution in [2.45, 2.75) is 33.2 Å². The Labute approximate surface area is 164 Å². The van der Waals surface area contributed by atoms with Gasteiger partial charge in [-0.15, -0.1) is 0 Å². The summed E-state index contributed by atoms with van der Waals surface area (Å²) >= 11 is 0. The van der Waals surface area contributed by atoms with E-state index < -0.39 is 10.0 Å². The number of benzene rings is 2. The Hall–Kier alpha value is -2.87. The molecule has 8 heteroatoms. The lowest BCUT2D eigenvalue weighted by molar-refractivity contribution is -0.114. The number of nitrogens with zero attached hydrogens (tertiary/aromatic N) is 1. The van der Waals surface area contributed by atoms with E-state index in [1.165, 1.54) is 11.2 Å². The number of hydrogen-bond donors (Lipinski definition) is 2. The topological polar surface area (TPSA) is 95.6 Å². The van der Waals surface area contributed by atoms with Crippen LogP contribution in [0.2, 0.25) is 0 Å². The number of carbonyl (C=O) groups excluding carboxylic acids is 2. The smallest absolute Gasteiger partial charge is 0.255 e. The molecule has 7 nitrogen and oxygen atoms in total. The van der Waals surface area contributed by atoms with Gasteiger partial charge < -0.3 is 10.6 Å². The number of rotatable bonds is 5. The summed E-state index contributed by atoms with van der Waals surface area (Å²) in [5, 5.41) is 5.47. The van der Waals surface area contributed by atoms with Gasteiger partial charge in [0.15, 0.2) is 0 Å². The Morgan fingerprint density at radius 1 is 1.11 bits per heavy atom. The largest absolute Gasteiger partial charge is 0.326 e. The van der Waals surface area contributed by atoms with Crippen molar-refractivity contribution in [2.24, 2.45) is 0 Å². The Morgan fingerprint density at radius 3 is 2.43 bits per heavy atom. The van der Waals surface area contributed by atoms with E-state index in [2.05, 4.69) is 10.6 Å². The van der Waals surface area contributed by atoms with Crippen LogP contribution in [0.25, 0.3) is 0 Å². The predicted octanol–water partition coefficient (Wildman–Crippen LogP) is 3.00. The second kappa shape index (κ2) is 7.63. The van der Waals surface area contributed by atoms with Crippen LogP contribution < -0.4 is 14.9 Å². The molecule has 0 unspecified atom stereocenters. The minimum atomic E-state index is -3.36. The molecule has 28 heavy (non-hydrogen) atoms. The van der Waals surface area contributed by atoms with Crippen molar-refractivity contribution in [3.8, 4) is 0 Å². The first-order valence-corrected chi connectivity index (χ1v) is 10.7. The summed E-state index contributed by atoms with van der Waals surface area (Å²) in [6.07, 6.45) is 0.563. The maximum absolute atomic E-state index is 12.6. The predicted molar refractivity (Wildman–Crippen MR) is 110 cm³/mol. The molecule has 2 N–H and O–H groups in total. The number of amides is 2. The molecule has 0 bridgehead atoms. The van der Waals surface area contributed by atoms with Gasteiger partial charge in [-0.05, 0) is 62.2 Å². The van der Waals surface area contributed by atoms with E-state index in [-0.39, 0.29) is 23.6 Å². The summed E-state index contributed by atoms with van der Waals surface area (Å²) in [6, 6.07) is 11.8. The molecule has 0 aromatic heterocycles. The molecule has 2 aromatic carbocycles. The average Bonchev–Trinajstić information content (AvgIpc) is 2.97. The zero-order valence-electron chi connectivity index (χ0n) is 16.0. The first kappa shape index (κ1) is 19.9. The van der Waals surface area contributed by atoms with Crippen LogP contribution in [0.1, 0.15) is 36.7 Å². The van der Waals surface area contributed by atoms with Crippen molar-refractivity contribution in [1.82, 2.24) is 0 Å². The molecular formula is C20H23N3O4S. The molecular weight excluding hydrogens is 378 g/mol. The van der Waals surface area contributed by atoms with Gasteiger partial charge in [-0.1, -0.05) is 6.07 Å². The minimum Gasteiger partial charge on any atom is -0.326 e. The Kier molecular flexibility index (Phi) is 5.42. The highest BCUT2D eigenvalue weighted by molar-refractivity contribution is 7.92. The van der Waals surface area contributed by atoms with E-state index in [0.717, 1.165) is 5.56 Å². The van der Waals surface area contributed by atoms with E-state index in [1.54, 1.807) is 49.4 Å². The van der Waals surface area contributed by atoms with Crippen LogP contribution in [0.4, 0.5) is 17.1 Å². The maximum Gasteiger partial charge on any atom is 0.255 e. The van der Waals surface area contributed by atoms with Gasteiger partial charge >= 0.3 is 0 Å². The molecule has 1 aliphatic rings. The molecule has 1 atom stereocenters. The summed E-state index contributed by atoms with van der Waals surface area (Å²) in [6.45, 7) is 4.90. The molecule has 0 aliphatic carbocycles. The molecule has 0 saturated carbocycles. The quantitative estimate of drug-likeness (QED) is 0.805. The van der Waals surface area contributed by atoms with Gasteiger partial charge in [-0.2, -0.15) is 0 Å². The second-order valence-corrected chi connectivity index (χ2v) is 8.94. The Balaban J connectivity index is 1.82. The van der Waals surface area contributed by atoms with Crippen LogP contribution in [0.15, 0.2) is 42.5 Å². The molecule has 148 valence electrons. The maximum atomic E-state index is 12.6. The van der Waals surface area contributed by atoms with Crippen molar-refractivity contribution in [1.29, 1.82) is 0 Å². The van der Waals surface area contributed by atoms with Crippen LogP contribution in [-0.4, -0.2) is 32.0 Å². The van der Waals surface area contributed by atoms with Crippen molar-refractivity contribution in [2.75, 3.05) is 20.7 Å². The summed E-state index contributed by atoms with van der Waals surface area (Å²) in [5.41, 5.74) is 3.07. The molecule has 1 heterocycles. The lowest BCUT2D eigenvalue weighted by Gasteiger charge is -2.23. The van der Waals surface area contributed by atoms with Gasteiger partial charge in [0.25, 0.3) is 5.91 Å². The normalized spacial score (nSPS) is 15.8. The van der Waals surface area contributed by atoms with Crippen LogP contribution in [0, 0.1) is 0 Å². The molecule has 2 amide bonds. The van der Waals surface area contributed by atoms with E-state index in [0.29, 0.717) is 29.0 Å². The number of hydrogen-bond acceptors (Lipinski definition) is 4. The van der Waals surface area contributed by atoms with E-state index in [1.807, 2.05) is 6.92 Å². The number of anilines is 3. The molecule has 0 saturated heterocycles. The van der Waals surface area contributed by atoms with Crippen LogP contribution in [-0.2, 0) is 21.2 Å². The van der Waals surface area contributed by atoms with Crippen molar-refractivity contribution >= 4 is 38.9 Å². The molecule has 1 aliphatic heterocycles. The number of nitrogens with one attached hydrogen (secondary N) is 2. The third kappa shape index (κ3) is 4.01. The molecule has 0 radical (unpaired) electrons. The van der Waals surface area contributed by atoms with Crippen LogP contribution >= 0.6 is 0 Å². The van der Waals surface area contributed by atoms with Gasteiger partial charge in [0.1, 0.15) is 0 Å². The standard InChI is InChI=1S/C20H23N3O4S/c1-4-28(26,27)23-13(2)10-16-11-15(8-9-19(16)23)20(25)22-18-7-5-6-17(12-18)21-14(3)24/h5-9,11-13H,4,10H2,1-3H3,(H,21,24)(H,22,25)/t13-/m0/s1. The van der Waals surface area contributed by atoms with Gasteiger partial charge in [-0.3, -0.25) is 13.9 Å². The lowest BCUT2D eigenvalue weighted by atomic mass is 10.1. The zero-order valence-corrected chi connectivity index (χ0v) is 16.8. The Bertz CT molecular complexity index is 1030.